The van der Waals surface area contributed by atoms with E-state index in [0.717, 1.165) is 27.7 Å². The summed E-state index contributed by atoms with van der Waals surface area (Å²) in [4.78, 5) is 43.2. The van der Waals surface area contributed by atoms with E-state index < -0.39 is 11.3 Å². The smallest absolute Gasteiger partial charge is 0.324 e. The van der Waals surface area contributed by atoms with Crippen molar-refractivity contribution in [3.05, 3.63) is 95.9 Å². The number of aromatic nitrogens is 4. The maximum absolute atomic E-state index is 13.3. The Bertz CT molecular complexity index is 1940. The molecule has 14 heteroatoms. The number of ether oxygens (including phenoxy) is 3. The molecule has 3 amide bonds. The number of benzene rings is 3. The van der Waals surface area contributed by atoms with Gasteiger partial charge in [0.05, 0.1) is 22.8 Å². The lowest BCUT2D eigenvalue weighted by molar-refractivity contribution is -0.119. The fourth-order valence-corrected chi connectivity index (χ4v) is 4.70. The Morgan fingerprint density at radius 1 is 0.860 bits per heavy atom. The van der Waals surface area contributed by atoms with Gasteiger partial charge in [-0.15, -0.1) is 0 Å². The number of amides is 3. The largest absolute Gasteiger partial charge is 0.487 e. The van der Waals surface area contributed by atoms with Crippen LogP contribution in [0.2, 0.25) is 0 Å². The number of hydrogen-bond acceptors (Lipinski definition) is 9. The number of rotatable bonds is 11. The van der Waals surface area contributed by atoms with E-state index >= 15 is 0 Å². The van der Waals surface area contributed by atoms with Gasteiger partial charge in [-0.1, -0.05) is 62.7 Å². The molecule has 5 aromatic rings. The van der Waals surface area contributed by atoms with E-state index in [1.54, 1.807) is 29.1 Å². The van der Waals surface area contributed by atoms with Crippen LogP contribution in [0.1, 0.15) is 37.7 Å². The number of carbonyl (C=O) groups excluding carboxylic acids is 3. The van der Waals surface area contributed by atoms with E-state index in [-0.39, 0.29) is 37.1 Å². The van der Waals surface area contributed by atoms with Crippen molar-refractivity contribution >= 4 is 57.0 Å². The first-order chi connectivity index (χ1) is 23.9. The fourth-order valence-electron chi connectivity index (χ4n) is 4.59. The van der Waals surface area contributed by atoms with E-state index in [2.05, 4.69) is 51.4 Å². The fraction of sp³-hybridized carbons (Fsp3) is 0.278. The molecule has 2 aromatic heterocycles. The van der Waals surface area contributed by atoms with Gasteiger partial charge in [-0.2, -0.15) is 5.10 Å². The van der Waals surface area contributed by atoms with Crippen LogP contribution in [0.25, 0.3) is 16.5 Å². The normalized spacial score (nSPS) is 10.9. The summed E-state index contributed by atoms with van der Waals surface area (Å²) >= 11 is 4.81. The van der Waals surface area contributed by atoms with Crippen molar-refractivity contribution in [2.45, 2.75) is 39.7 Å². The van der Waals surface area contributed by atoms with Crippen LogP contribution in [-0.2, 0) is 31.1 Å². The molecular weight excluding hydrogens is 662 g/mol. The van der Waals surface area contributed by atoms with Crippen LogP contribution in [0, 0.1) is 6.92 Å². The number of anilines is 3. The van der Waals surface area contributed by atoms with Crippen LogP contribution >= 0.6 is 11.6 Å². The number of aryl methyl sites for hydroxylation is 1. The Balaban J connectivity index is 0.000000860. The third-order valence-corrected chi connectivity index (χ3v) is 7.11. The minimum absolute atomic E-state index is 0.00154. The van der Waals surface area contributed by atoms with Crippen molar-refractivity contribution in [2.75, 3.05) is 43.4 Å². The van der Waals surface area contributed by atoms with Gasteiger partial charge in [-0.25, -0.2) is 19.4 Å². The molecule has 0 aliphatic carbocycles. The number of nitrogens with zero attached hydrogens (tertiary/aromatic N) is 4. The van der Waals surface area contributed by atoms with E-state index in [1.165, 1.54) is 14.2 Å². The maximum atomic E-state index is 13.3. The van der Waals surface area contributed by atoms with Gasteiger partial charge in [0.1, 0.15) is 31.4 Å². The molecular formula is C36H40ClN7O6. The first kappa shape index (κ1) is 37.4. The molecule has 0 radical (unpaired) electrons. The highest BCUT2D eigenvalue weighted by Gasteiger charge is 2.22. The predicted octanol–water partition coefficient (Wildman–Crippen LogP) is 6.63. The first-order valence-corrected chi connectivity index (χ1v) is 15.9. The summed E-state index contributed by atoms with van der Waals surface area (Å²) in [7, 11) is 2.85. The zero-order chi connectivity index (χ0) is 36.3. The molecule has 0 aliphatic heterocycles. The summed E-state index contributed by atoms with van der Waals surface area (Å²) in [6.45, 7) is 8.33. The second-order valence-electron chi connectivity index (χ2n) is 12.1. The molecule has 0 spiro atoms. The minimum atomic E-state index is -0.461. The molecule has 0 bridgehead atoms. The van der Waals surface area contributed by atoms with Gasteiger partial charge in [-0.05, 0) is 48.9 Å². The third-order valence-electron chi connectivity index (χ3n) is 7.00. The summed E-state index contributed by atoms with van der Waals surface area (Å²) in [5.41, 5.74) is 3.83. The highest BCUT2D eigenvalue weighted by atomic mass is 35.5. The number of hydrogen-bond donors (Lipinski definition) is 3. The SMILES string of the molecule is COCC(=O)Cl.COCC(=O)Nc1nccc(COc2ccc(NC(=O)Nc3cc(C(C)(C)C)nn3-c3ccc(C)cc3)c3ccccc23)n1. The zero-order valence-corrected chi connectivity index (χ0v) is 29.5. The first-order valence-electron chi connectivity index (χ1n) is 15.6. The lowest BCUT2D eigenvalue weighted by Crippen LogP contribution is -2.21. The molecule has 0 saturated carbocycles. The number of methoxy groups -OCH3 is 2. The van der Waals surface area contributed by atoms with Gasteiger partial charge in [0.15, 0.2) is 0 Å². The van der Waals surface area contributed by atoms with Crippen molar-refractivity contribution in [3.8, 4) is 11.4 Å². The van der Waals surface area contributed by atoms with E-state index in [4.69, 9.17) is 26.2 Å². The number of nitrogens with one attached hydrogen (secondary N) is 3. The van der Waals surface area contributed by atoms with Crippen LogP contribution in [0.4, 0.5) is 22.2 Å². The number of carbonyl (C=O) groups is 3. The molecule has 0 aliphatic rings. The van der Waals surface area contributed by atoms with Gasteiger partial charge in [0.25, 0.3) is 5.91 Å². The monoisotopic (exact) mass is 701 g/mol. The highest BCUT2D eigenvalue weighted by molar-refractivity contribution is 6.63. The topological polar surface area (TPSA) is 159 Å². The quantitative estimate of drug-likeness (QED) is 0.129. The van der Waals surface area contributed by atoms with Gasteiger partial charge >= 0.3 is 6.03 Å². The number of fused-ring (bicyclic) bond motifs is 1. The number of halogens is 1. The van der Waals surface area contributed by atoms with Crippen molar-refractivity contribution in [1.82, 2.24) is 19.7 Å². The lowest BCUT2D eigenvalue weighted by Gasteiger charge is -2.14. The number of urea groups is 1. The molecule has 0 fully saturated rings. The highest BCUT2D eigenvalue weighted by Crippen LogP contribution is 2.33. The van der Waals surface area contributed by atoms with Crippen molar-refractivity contribution in [2.24, 2.45) is 0 Å². The van der Waals surface area contributed by atoms with Gasteiger partial charge < -0.3 is 19.5 Å². The van der Waals surface area contributed by atoms with Crippen LogP contribution in [0.5, 0.6) is 5.75 Å². The van der Waals surface area contributed by atoms with E-state index in [9.17, 15) is 14.4 Å². The summed E-state index contributed by atoms with van der Waals surface area (Å²) < 4.78 is 17.0. The van der Waals surface area contributed by atoms with Crippen LogP contribution in [0.3, 0.4) is 0 Å². The van der Waals surface area contributed by atoms with Gasteiger partial charge in [0.2, 0.25) is 11.2 Å². The molecule has 0 unspecified atom stereocenters. The molecule has 3 aromatic carbocycles. The predicted molar refractivity (Wildman–Crippen MR) is 193 cm³/mol. The van der Waals surface area contributed by atoms with Crippen LogP contribution in [-0.4, -0.2) is 64.4 Å². The Kier molecular flexibility index (Phi) is 13.0. The molecule has 13 nitrogen and oxygen atoms in total. The van der Waals surface area contributed by atoms with Crippen molar-refractivity contribution in [1.29, 1.82) is 0 Å². The Hall–Kier alpha value is -5.37. The zero-order valence-electron chi connectivity index (χ0n) is 28.7. The van der Waals surface area contributed by atoms with Crippen LogP contribution < -0.4 is 20.7 Å². The summed E-state index contributed by atoms with van der Waals surface area (Å²) in [6.07, 6.45) is 1.55. The third kappa shape index (κ3) is 10.6. The van der Waals surface area contributed by atoms with Gasteiger partial charge in [-0.3, -0.25) is 20.2 Å². The Morgan fingerprint density at radius 3 is 2.20 bits per heavy atom. The van der Waals surface area contributed by atoms with Crippen molar-refractivity contribution < 1.29 is 28.6 Å². The molecule has 0 atom stereocenters. The summed E-state index contributed by atoms with van der Waals surface area (Å²) in [5.74, 6) is 0.991. The maximum Gasteiger partial charge on any atom is 0.324 e. The van der Waals surface area contributed by atoms with Gasteiger partial charge in [0, 0.05) is 42.7 Å². The Morgan fingerprint density at radius 2 is 1.56 bits per heavy atom. The molecule has 262 valence electrons. The lowest BCUT2D eigenvalue weighted by atomic mass is 9.92. The summed E-state index contributed by atoms with van der Waals surface area (Å²) in [6, 6.07) is 22.4. The minimum Gasteiger partial charge on any atom is -0.487 e. The average molecular weight is 702 g/mol. The summed E-state index contributed by atoms with van der Waals surface area (Å²) in [5, 5.41) is 14.5. The molecule has 0 saturated heterocycles. The average Bonchev–Trinajstić information content (AvgIpc) is 3.49. The second kappa shape index (κ2) is 17.3. The van der Waals surface area contributed by atoms with E-state index in [0.29, 0.717) is 22.9 Å². The molecule has 3 N–H and O–H groups in total. The van der Waals surface area contributed by atoms with Crippen LogP contribution in [0.15, 0.2) is 79.0 Å². The van der Waals surface area contributed by atoms with E-state index in [1.807, 2.05) is 61.5 Å². The second-order valence-corrected chi connectivity index (χ2v) is 12.5. The molecule has 50 heavy (non-hydrogen) atoms. The Labute approximate surface area is 295 Å². The standard InChI is InChI=1S/C33H35N7O4.C3H5ClO2/c1-21-10-12-23(13-11-21)40-29(18-28(39-40)33(2,3)4)37-32(42)36-26-14-15-27(25-9-7-6-8-24(25)26)44-19-22-16-17-34-31(35-22)38-30(41)20-43-5;1-6-2-3(4)5/h6-18H,19-20H2,1-5H3,(H2,36,37,42)(H,34,35,38,41);2H2,1H3. The molecule has 5 rings (SSSR count). The van der Waals surface area contributed by atoms with Crippen molar-refractivity contribution in [3.63, 3.8) is 0 Å². The molecule has 2 heterocycles.